The van der Waals surface area contributed by atoms with Crippen LogP contribution in [0.25, 0.3) is 0 Å². The number of esters is 1. The first-order valence-electron chi connectivity index (χ1n) is 12.2. The maximum atomic E-state index is 13.7. The van der Waals surface area contributed by atoms with E-state index >= 15 is 0 Å². The van der Waals surface area contributed by atoms with E-state index in [2.05, 4.69) is 17.4 Å². The summed E-state index contributed by atoms with van der Waals surface area (Å²) in [6.07, 6.45) is 1.05. The Hall–Kier alpha value is -3.58. The first kappa shape index (κ1) is 25.5. The molecule has 1 heterocycles. The molecule has 36 heavy (non-hydrogen) atoms. The van der Waals surface area contributed by atoms with E-state index in [0.29, 0.717) is 54.4 Å². The Morgan fingerprint density at radius 2 is 1.72 bits per heavy atom. The lowest BCUT2D eigenvalue weighted by Gasteiger charge is -2.36. The van der Waals surface area contributed by atoms with Gasteiger partial charge in [0.2, 0.25) is 0 Å². The average molecular weight is 492 g/mol. The van der Waals surface area contributed by atoms with Crippen LogP contribution in [0.3, 0.4) is 0 Å². The number of hydrogen-bond donors (Lipinski definition) is 1. The van der Waals surface area contributed by atoms with Crippen LogP contribution in [0.1, 0.15) is 49.7 Å². The van der Waals surface area contributed by atoms with Gasteiger partial charge in [-0.3, -0.25) is 4.79 Å². The third kappa shape index (κ3) is 5.16. The van der Waals surface area contributed by atoms with Crippen molar-refractivity contribution < 1.29 is 28.5 Å². The first-order valence-corrected chi connectivity index (χ1v) is 12.2. The number of carbonyl (C=O) groups is 2. The lowest BCUT2D eigenvalue weighted by Crippen LogP contribution is -2.36. The number of ether oxygens (including phenoxy) is 4. The van der Waals surface area contributed by atoms with E-state index < -0.39 is 11.9 Å². The zero-order valence-corrected chi connectivity index (χ0v) is 21.3. The summed E-state index contributed by atoms with van der Waals surface area (Å²) in [4.78, 5) is 27.0. The number of allylic oxidation sites excluding steroid dienone is 3. The van der Waals surface area contributed by atoms with Crippen LogP contribution in [0.5, 0.6) is 11.5 Å². The van der Waals surface area contributed by atoms with Crippen LogP contribution in [0, 0.1) is 0 Å². The molecule has 0 amide bonds. The molecular weight excluding hydrogens is 458 g/mol. The van der Waals surface area contributed by atoms with Crippen molar-refractivity contribution in [2.75, 3.05) is 34.0 Å². The van der Waals surface area contributed by atoms with Crippen molar-refractivity contribution in [3.63, 3.8) is 0 Å². The van der Waals surface area contributed by atoms with Gasteiger partial charge in [0, 0.05) is 35.9 Å². The smallest absolute Gasteiger partial charge is 0.336 e. The number of nitrogens with one attached hydrogen (secondary N) is 1. The third-order valence-electron chi connectivity index (χ3n) is 6.72. The summed E-state index contributed by atoms with van der Waals surface area (Å²) in [7, 11) is 3.14. The molecule has 2 aromatic carbocycles. The fourth-order valence-electron chi connectivity index (χ4n) is 5.05. The Morgan fingerprint density at radius 3 is 2.42 bits per heavy atom. The van der Waals surface area contributed by atoms with E-state index in [1.54, 1.807) is 20.3 Å². The maximum absolute atomic E-state index is 13.7. The average Bonchev–Trinajstić information content (AvgIpc) is 2.90. The quantitative estimate of drug-likeness (QED) is 0.404. The van der Waals surface area contributed by atoms with Gasteiger partial charge in [-0.15, -0.1) is 0 Å². The molecule has 0 fully saturated rings. The van der Waals surface area contributed by atoms with Crippen LogP contribution in [0.4, 0.5) is 0 Å². The van der Waals surface area contributed by atoms with Gasteiger partial charge in [0.15, 0.2) is 17.3 Å². The summed E-state index contributed by atoms with van der Waals surface area (Å²) in [6, 6.07) is 15.6. The second-order valence-electron chi connectivity index (χ2n) is 8.88. The molecule has 0 bridgehead atoms. The standard InChI is InChI=1S/C29H33NO6/c1-5-35-13-14-36-29(32)26-18(2)30-22-15-21(19-9-7-6-8-10-19)16-23(31)28(22)27(26)20-11-12-24(33-3)25(17-20)34-4/h6-12,17,21,27,30H,5,13-16H2,1-4H3. The Bertz CT molecular complexity index is 1180. The number of methoxy groups -OCH3 is 2. The molecule has 7 heteroatoms. The molecular formula is C29H33NO6. The normalized spacial score (nSPS) is 19.5. The fourth-order valence-corrected chi connectivity index (χ4v) is 5.05. The number of ketones is 1. The Morgan fingerprint density at radius 1 is 0.972 bits per heavy atom. The predicted molar refractivity (Wildman–Crippen MR) is 136 cm³/mol. The maximum Gasteiger partial charge on any atom is 0.336 e. The molecule has 190 valence electrons. The summed E-state index contributed by atoms with van der Waals surface area (Å²) < 4.78 is 21.8. The second kappa shape index (κ2) is 11.4. The molecule has 0 radical (unpaired) electrons. The highest BCUT2D eigenvalue weighted by molar-refractivity contribution is 6.04. The minimum atomic E-state index is -0.579. The summed E-state index contributed by atoms with van der Waals surface area (Å²) >= 11 is 0. The predicted octanol–water partition coefficient (Wildman–Crippen LogP) is 4.65. The van der Waals surface area contributed by atoms with E-state index in [9.17, 15) is 9.59 Å². The van der Waals surface area contributed by atoms with Crippen LogP contribution in [0.2, 0.25) is 0 Å². The van der Waals surface area contributed by atoms with Crippen molar-refractivity contribution in [3.05, 3.63) is 82.2 Å². The van der Waals surface area contributed by atoms with Crippen LogP contribution in [0.15, 0.2) is 71.1 Å². The number of dihydropyridines is 1. The molecule has 0 saturated heterocycles. The topological polar surface area (TPSA) is 83.1 Å². The molecule has 0 saturated carbocycles. The first-order chi connectivity index (χ1) is 17.5. The zero-order valence-electron chi connectivity index (χ0n) is 21.3. The van der Waals surface area contributed by atoms with Crippen LogP contribution in [-0.4, -0.2) is 45.8 Å². The van der Waals surface area contributed by atoms with Gasteiger partial charge < -0.3 is 24.3 Å². The van der Waals surface area contributed by atoms with Gasteiger partial charge in [-0.05, 0) is 49.4 Å². The van der Waals surface area contributed by atoms with Gasteiger partial charge in [0.1, 0.15) is 6.61 Å². The highest BCUT2D eigenvalue weighted by Gasteiger charge is 2.41. The van der Waals surface area contributed by atoms with Crippen molar-refractivity contribution in [2.45, 2.75) is 38.5 Å². The molecule has 2 aliphatic rings. The molecule has 7 nitrogen and oxygen atoms in total. The van der Waals surface area contributed by atoms with Crippen molar-refractivity contribution in [1.82, 2.24) is 5.32 Å². The summed E-state index contributed by atoms with van der Waals surface area (Å²) in [6.45, 7) is 4.74. The summed E-state index contributed by atoms with van der Waals surface area (Å²) in [5, 5.41) is 3.38. The van der Waals surface area contributed by atoms with Crippen molar-refractivity contribution in [1.29, 1.82) is 0 Å². The molecule has 4 rings (SSSR count). The van der Waals surface area contributed by atoms with Crippen molar-refractivity contribution in [3.8, 4) is 11.5 Å². The van der Waals surface area contributed by atoms with Crippen LogP contribution in [-0.2, 0) is 19.1 Å². The Kier molecular flexibility index (Phi) is 8.10. The Balaban J connectivity index is 1.76. The number of carbonyl (C=O) groups excluding carboxylic acids is 2. The zero-order chi connectivity index (χ0) is 25.7. The van der Waals surface area contributed by atoms with Crippen LogP contribution < -0.4 is 14.8 Å². The highest BCUT2D eigenvalue weighted by atomic mass is 16.6. The second-order valence-corrected chi connectivity index (χ2v) is 8.88. The molecule has 1 N–H and O–H groups in total. The minimum absolute atomic E-state index is 0.0181. The lowest BCUT2D eigenvalue weighted by molar-refractivity contribution is -0.140. The number of Topliss-reactive ketones (excluding diaryl/α,β-unsaturated/α-hetero) is 1. The van der Waals surface area contributed by atoms with Gasteiger partial charge in [-0.1, -0.05) is 36.4 Å². The molecule has 0 aromatic heterocycles. The van der Waals surface area contributed by atoms with E-state index in [0.717, 1.165) is 16.8 Å². The molecule has 2 unspecified atom stereocenters. The van der Waals surface area contributed by atoms with E-state index in [4.69, 9.17) is 18.9 Å². The van der Waals surface area contributed by atoms with Gasteiger partial charge in [-0.2, -0.15) is 0 Å². The highest BCUT2D eigenvalue weighted by Crippen LogP contribution is 2.47. The lowest BCUT2D eigenvalue weighted by atomic mass is 9.71. The van der Waals surface area contributed by atoms with E-state index in [1.165, 1.54) is 0 Å². The summed E-state index contributed by atoms with van der Waals surface area (Å²) in [5.74, 6) is 0.148. The molecule has 2 atom stereocenters. The van der Waals surface area contributed by atoms with E-state index in [-0.39, 0.29) is 18.3 Å². The monoisotopic (exact) mass is 491 g/mol. The Labute approximate surface area is 212 Å². The SMILES string of the molecule is CCOCCOC(=O)C1=C(C)NC2=C(C(=O)CC(c3ccccc3)C2)C1c1ccc(OC)c(OC)c1. The van der Waals surface area contributed by atoms with E-state index in [1.807, 2.05) is 44.2 Å². The van der Waals surface area contributed by atoms with Gasteiger partial charge in [0.25, 0.3) is 0 Å². The summed E-state index contributed by atoms with van der Waals surface area (Å²) in [5.41, 5.74) is 4.45. The van der Waals surface area contributed by atoms with Gasteiger partial charge in [-0.25, -0.2) is 4.79 Å². The molecule has 1 aliphatic heterocycles. The van der Waals surface area contributed by atoms with Gasteiger partial charge >= 0.3 is 5.97 Å². The van der Waals surface area contributed by atoms with Crippen molar-refractivity contribution >= 4 is 11.8 Å². The van der Waals surface area contributed by atoms with Crippen LogP contribution >= 0.6 is 0 Å². The largest absolute Gasteiger partial charge is 0.493 e. The minimum Gasteiger partial charge on any atom is -0.493 e. The number of rotatable bonds is 9. The van der Waals surface area contributed by atoms with Gasteiger partial charge in [0.05, 0.1) is 26.4 Å². The fraction of sp³-hybridized carbons (Fsp3) is 0.379. The number of benzene rings is 2. The third-order valence-corrected chi connectivity index (χ3v) is 6.72. The molecule has 0 spiro atoms. The number of hydrogen-bond acceptors (Lipinski definition) is 7. The van der Waals surface area contributed by atoms with Crippen molar-refractivity contribution in [2.24, 2.45) is 0 Å². The molecule has 2 aromatic rings. The molecule has 1 aliphatic carbocycles.